The van der Waals surface area contributed by atoms with Gasteiger partial charge in [-0.25, -0.2) is 4.98 Å². The molecule has 0 saturated carbocycles. The van der Waals surface area contributed by atoms with E-state index in [0.717, 1.165) is 19.4 Å². The van der Waals surface area contributed by atoms with E-state index in [2.05, 4.69) is 15.0 Å². The maximum Gasteiger partial charge on any atom is 0.287 e. The minimum Gasteiger partial charge on any atom is -0.353 e. The number of aryl methyl sites for hydroxylation is 1. The van der Waals surface area contributed by atoms with Crippen molar-refractivity contribution < 1.29 is 9.72 Å². The largest absolute Gasteiger partial charge is 0.353 e. The number of hydrogen-bond donors (Lipinski definition) is 0. The third-order valence-electron chi connectivity index (χ3n) is 4.06. The van der Waals surface area contributed by atoms with Crippen molar-refractivity contribution in [2.24, 2.45) is 7.05 Å². The second-order valence-corrected chi connectivity index (χ2v) is 5.65. The van der Waals surface area contributed by atoms with Crippen molar-refractivity contribution in [1.82, 2.24) is 14.8 Å². The molecule has 0 spiro atoms. The molecule has 23 heavy (non-hydrogen) atoms. The van der Waals surface area contributed by atoms with E-state index < -0.39 is 4.92 Å². The fraction of sp³-hybridized carbons (Fsp3) is 0.400. The van der Waals surface area contributed by atoms with Crippen LogP contribution >= 0.6 is 0 Å². The molecule has 2 aromatic rings. The molecular formula is C15H17N5O3. The molecular weight excluding hydrogens is 298 g/mol. The van der Waals surface area contributed by atoms with Gasteiger partial charge in [0.1, 0.15) is 12.0 Å². The highest BCUT2D eigenvalue weighted by Crippen LogP contribution is 2.27. The Kier molecular flexibility index (Phi) is 4.05. The van der Waals surface area contributed by atoms with Crippen LogP contribution in [0, 0.1) is 10.1 Å². The molecule has 1 fully saturated rings. The van der Waals surface area contributed by atoms with Gasteiger partial charge >= 0.3 is 0 Å². The number of aromatic nitrogens is 3. The summed E-state index contributed by atoms with van der Waals surface area (Å²) >= 11 is 0. The standard InChI is InChI=1S/C15H17N5O3/c1-18-10-11(8-17-18)14(21)7-12-3-2-6-19(12)15-5-4-13(9-16-15)20(22)23/h4-5,8-10,12H,2-3,6-7H2,1H3. The molecule has 2 aromatic heterocycles. The number of pyridine rings is 1. The van der Waals surface area contributed by atoms with Crippen LogP contribution < -0.4 is 4.90 Å². The Balaban J connectivity index is 1.72. The summed E-state index contributed by atoms with van der Waals surface area (Å²) in [5, 5.41) is 14.7. The average molecular weight is 315 g/mol. The number of ketones is 1. The normalized spacial score (nSPS) is 17.4. The van der Waals surface area contributed by atoms with Crippen molar-refractivity contribution in [2.75, 3.05) is 11.4 Å². The minimum absolute atomic E-state index is 0.0315. The smallest absolute Gasteiger partial charge is 0.287 e. The average Bonchev–Trinajstić information content (AvgIpc) is 3.16. The molecule has 1 atom stereocenters. The summed E-state index contributed by atoms with van der Waals surface area (Å²) in [5.74, 6) is 0.731. The molecule has 1 aliphatic rings. The topological polar surface area (TPSA) is 94.2 Å². The van der Waals surface area contributed by atoms with Gasteiger partial charge in [0.15, 0.2) is 5.78 Å². The first kappa shape index (κ1) is 15.1. The van der Waals surface area contributed by atoms with E-state index in [1.54, 1.807) is 30.2 Å². The van der Waals surface area contributed by atoms with E-state index in [-0.39, 0.29) is 17.5 Å². The van der Waals surface area contributed by atoms with Crippen LogP contribution in [0.15, 0.2) is 30.7 Å². The predicted molar refractivity (Wildman–Crippen MR) is 83.4 cm³/mol. The molecule has 3 heterocycles. The van der Waals surface area contributed by atoms with E-state index in [4.69, 9.17) is 0 Å². The summed E-state index contributed by atoms with van der Waals surface area (Å²) in [6, 6.07) is 3.16. The number of carbonyl (C=O) groups excluding carboxylic acids is 1. The van der Waals surface area contributed by atoms with Crippen LogP contribution in [0.1, 0.15) is 29.6 Å². The summed E-state index contributed by atoms with van der Waals surface area (Å²) in [4.78, 5) is 28.8. The van der Waals surface area contributed by atoms with Crippen LogP contribution in [0.25, 0.3) is 0 Å². The first-order chi connectivity index (χ1) is 11.0. The van der Waals surface area contributed by atoms with E-state index >= 15 is 0 Å². The number of hydrogen-bond acceptors (Lipinski definition) is 6. The number of Topliss-reactive ketones (excluding diaryl/α,β-unsaturated/α-hetero) is 1. The van der Waals surface area contributed by atoms with Gasteiger partial charge in [-0.3, -0.25) is 19.6 Å². The van der Waals surface area contributed by atoms with Gasteiger partial charge in [0, 0.05) is 38.3 Å². The van der Waals surface area contributed by atoms with Gasteiger partial charge in [0.25, 0.3) is 5.69 Å². The fourth-order valence-corrected chi connectivity index (χ4v) is 2.90. The van der Waals surface area contributed by atoms with Gasteiger partial charge in [-0.1, -0.05) is 0 Å². The van der Waals surface area contributed by atoms with Crippen LogP contribution in [0.5, 0.6) is 0 Å². The maximum atomic E-state index is 12.3. The van der Waals surface area contributed by atoms with Crippen LogP contribution in [-0.4, -0.2) is 38.1 Å². The lowest BCUT2D eigenvalue weighted by Gasteiger charge is -2.25. The zero-order valence-corrected chi connectivity index (χ0v) is 12.8. The van der Waals surface area contributed by atoms with Gasteiger partial charge in [0.2, 0.25) is 0 Å². The van der Waals surface area contributed by atoms with Gasteiger partial charge in [-0.15, -0.1) is 0 Å². The van der Waals surface area contributed by atoms with E-state index in [9.17, 15) is 14.9 Å². The summed E-state index contributed by atoms with van der Waals surface area (Å²) in [7, 11) is 1.78. The molecule has 0 N–H and O–H groups in total. The molecule has 1 saturated heterocycles. The highest BCUT2D eigenvalue weighted by atomic mass is 16.6. The number of rotatable bonds is 5. The first-order valence-electron chi connectivity index (χ1n) is 7.43. The Labute approximate surface area is 132 Å². The fourth-order valence-electron chi connectivity index (χ4n) is 2.90. The van der Waals surface area contributed by atoms with Crippen molar-refractivity contribution in [3.63, 3.8) is 0 Å². The molecule has 1 aliphatic heterocycles. The van der Waals surface area contributed by atoms with Crippen molar-refractivity contribution >= 4 is 17.3 Å². The number of anilines is 1. The van der Waals surface area contributed by atoms with E-state index in [0.29, 0.717) is 17.8 Å². The summed E-state index contributed by atoms with van der Waals surface area (Å²) in [5.41, 5.74) is 0.576. The molecule has 0 amide bonds. The molecule has 8 nitrogen and oxygen atoms in total. The van der Waals surface area contributed by atoms with Crippen LogP contribution in [0.4, 0.5) is 11.5 Å². The summed E-state index contributed by atoms with van der Waals surface area (Å²) in [6.45, 7) is 0.801. The first-order valence-corrected chi connectivity index (χ1v) is 7.43. The molecule has 1 unspecified atom stereocenters. The Morgan fingerprint density at radius 3 is 2.87 bits per heavy atom. The van der Waals surface area contributed by atoms with Crippen LogP contribution in [-0.2, 0) is 7.05 Å². The third kappa shape index (κ3) is 3.20. The molecule has 8 heteroatoms. The third-order valence-corrected chi connectivity index (χ3v) is 4.06. The summed E-state index contributed by atoms with van der Waals surface area (Å²) < 4.78 is 1.61. The molecule has 0 radical (unpaired) electrons. The number of nitrogens with zero attached hydrogens (tertiary/aromatic N) is 5. The monoisotopic (exact) mass is 315 g/mol. The van der Waals surface area contributed by atoms with Crippen molar-refractivity contribution in [1.29, 1.82) is 0 Å². The quantitative estimate of drug-likeness (QED) is 0.475. The highest BCUT2D eigenvalue weighted by Gasteiger charge is 2.28. The Hall–Kier alpha value is -2.77. The molecule has 120 valence electrons. The zero-order valence-electron chi connectivity index (χ0n) is 12.8. The SMILES string of the molecule is Cn1cc(C(=O)CC2CCCN2c2ccc([N+](=O)[O-])cn2)cn1. The second-order valence-electron chi connectivity index (χ2n) is 5.65. The van der Waals surface area contributed by atoms with E-state index in [1.807, 2.05) is 0 Å². The van der Waals surface area contributed by atoms with Crippen molar-refractivity contribution in [3.8, 4) is 0 Å². The Bertz CT molecular complexity index is 725. The Morgan fingerprint density at radius 1 is 1.43 bits per heavy atom. The van der Waals surface area contributed by atoms with Gasteiger partial charge in [-0.2, -0.15) is 5.10 Å². The lowest BCUT2D eigenvalue weighted by molar-refractivity contribution is -0.385. The number of nitro groups is 1. The lowest BCUT2D eigenvalue weighted by atomic mass is 10.0. The lowest BCUT2D eigenvalue weighted by Crippen LogP contribution is -2.31. The zero-order chi connectivity index (χ0) is 16.4. The van der Waals surface area contributed by atoms with Crippen molar-refractivity contribution in [3.05, 3.63) is 46.4 Å². The maximum absolute atomic E-state index is 12.3. The molecule has 0 aromatic carbocycles. The second kappa shape index (κ2) is 6.15. The molecule has 0 bridgehead atoms. The summed E-state index contributed by atoms with van der Waals surface area (Å²) in [6.07, 6.45) is 6.82. The van der Waals surface area contributed by atoms with Gasteiger partial charge in [0.05, 0.1) is 16.7 Å². The molecule has 0 aliphatic carbocycles. The van der Waals surface area contributed by atoms with E-state index in [1.165, 1.54) is 12.3 Å². The van der Waals surface area contributed by atoms with Crippen LogP contribution in [0.2, 0.25) is 0 Å². The predicted octanol–water partition coefficient (Wildman–Crippen LogP) is 1.97. The van der Waals surface area contributed by atoms with Gasteiger partial charge in [-0.05, 0) is 18.9 Å². The highest BCUT2D eigenvalue weighted by molar-refractivity contribution is 5.96. The number of carbonyl (C=O) groups is 1. The van der Waals surface area contributed by atoms with Gasteiger partial charge < -0.3 is 4.90 Å². The van der Waals surface area contributed by atoms with Crippen LogP contribution in [0.3, 0.4) is 0 Å². The molecule has 3 rings (SSSR count). The minimum atomic E-state index is -0.468. The Morgan fingerprint density at radius 2 is 2.26 bits per heavy atom. The van der Waals surface area contributed by atoms with Crippen molar-refractivity contribution in [2.45, 2.75) is 25.3 Å².